The monoisotopic (exact) mass is 331 g/mol. The van der Waals surface area contributed by atoms with Crippen molar-refractivity contribution in [3.8, 4) is 5.75 Å². The van der Waals surface area contributed by atoms with Crippen LogP contribution in [0.1, 0.15) is 12.8 Å². The van der Waals surface area contributed by atoms with Crippen molar-refractivity contribution < 1.29 is 22.3 Å². The topological polar surface area (TPSA) is 102 Å². The molecule has 9 heteroatoms. The van der Waals surface area contributed by atoms with E-state index in [2.05, 4.69) is 5.43 Å². The van der Waals surface area contributed by atoms with Gasteiger partial charge in [0, 0.05) is 19.0 Å². The lowest BCUT2D eigenvalue weighted by atomic mass is 9.98. The fraction of sp³-hybridized carbons (Fsp3) is 0.462. The van der Waals surface area contributed by atoms with E-state index in [9.17, 15) is 17.6 Å². The summed E-state index contributed by atoms with van der Waals surface area (Å²) in [6.45, 7) is 0.334. The minimum absolute atomic E-state index is 0.0863. The Balaban J connectivity index is 2.22. The average molecular weight is 331 g/mol. The molecular formula is C13H18FN3O4S. The van der Waals surface area contributed by atoms with Crippen molar-refractivity contribution in [2.45, 2.75) is 17.7 Å². The highest BCUT2D eigenvalue weighted by atomic mass is 32.2. The lowest BCUT2D eigenvalue weighted by Gasteiger charge is -2.30. The highest BCUT2D eigenvalue weighted by molar-refractivity contribution is 7.89. The maximum absolute atomic E-state index is 13.4. The first-order chi connectivity index (χ1) is 10.4. The summed E-state index contributed by atoms with van der Waals surface area (Å²) in [5, 5.41) is 0. The number of nitrogens with zero attached hydrogens (tertiary/aromatic N) is 1. The van der Waals surface area contributed by atoms with E-state index in [4.69, 9.17) is 10.6 Å². The number of benzene rings is 1. The number of methoxy groups -OCH3 is 1. The number of rotatable bonds is 4. The molecule has 1 fully saturated rings. The van der Waals surface area contributed by atoms with Gasteiger partial charge in [-0.2, -0.15) is 4.31 Å². The van der Waals surface area contributed by atoms with Gasteiger partial charge in [0.1, 0.15) is 16.5 Å². The molecule has 1 saturated heterocycles. The number of nitrogens with two attached hydrogens (primary N) is 1. The number of piperidine rings is 1. The molecule has 22 heavy (non-hydrogen) atoms. The first kappa shape index (κ1) is 16.7. The van der Waals surface area contributed by atoms with Crippen molar-refractivity contribution in [3.05, 3.63) is 24.0 Å². The van der Waals surface area contributed by atoms with Gasteiger partial charge in [0.2, 0.25) is 15.9 Å². The van der Waals surface area contributed by atoms with Gasteiger partial charge in [0.25, 0.3) is 0 Å². The molecule has 0 atom stereocenters. The van der Waals surface area contributed by atoms with E-state index < -0.39 is 15.8 Å². The first-order valence-corrected chi connectivity index (χ1v) is 8.18. The largest absolute Gasteiger partial charge is 0.495 e. The van der Waals surface area contributed by atoms with Crippen LogP contribution in [0.3, 0.4) is 0 Å². The Hall–Kier alpha value is -1.71. The Labute approximate surface area is 128 Å². The van der Waals surface area contributed by atoms with Gasteiger partial charge in [-0.25, -0.2) is 18.7 Å². The number of hydrogen-bond donors (Lipinski definition) is 2. The molecule has 1 aliphatic heterocycles. The summed E-state index contributed by atoms with van der Waals surface area (Å²) < 4.78 is 44.9. The summed E-state index contributed by atoms with van der Waals surface area (Å²) in [7, 11) is -2.55. The Kier molecular flexibility index (Phi) is 4.99. The summed E-state index contributed by atoms with van der Waals surface area (Å²) in [5.41, 5.74) is 2.07. The van der Waals surface area contributed by atoms with Crippen molar-refractivity contribution in [1.29, 1.82) is 0 Å². The molecule has 0 bridgehead atoms. The molecule has 0 radical (unpaired) electrons. The Morgan fingerprint density at radius 1 is 1.41 bits per heavy atom. The van der Waals surface area contributed by atoms with Gasteiger partial charge in [0.15, 0.2) is 0 Å². The van der Waals surface area contributed by atoms with Crippen LogP contribution in [0.4, 0.5) is 4.39 Å². The van der Waals surface area contributed by atoms with E-state index in [1.807, 2.05) is 0 Å². The Bertz CT molecular complexity index is 657. The van der Waals surface area contributed by atoms with Crippen LogP contribution in [0.25, 0.3) is 0 Å². The smallest absolute Gasteiger partial charge is 0.246 e. The van der Waals surface area contributed by atoms with Gasteiger partial charge in [-0.05, 0) is 31.0 Å². The molecule has 0 spiro atoms. The maximum atomic E-state index is 13.4. The van der Waals surface area contributed by atoms with Crippen LogP contribution < -0.4 is 16.0 Å². The maximum Gasteiger partial charge on any atom is 0.246 e. The summed E-state index contributed by atoms with van der Waals surface area (Å²) in [4.78, 5) is 11.3. The summed E-state index contributed by atoms with van der Waals surface area (Å²) >= 11 is 0. The van der Waals surface area contributed by atoms with E-state index in [0.29, 0.717) is 12.8 Å². The molecule has 122 valence electrons. The standard InChI is InChI=1S/C13H18FN3O4S/c1-21-11-3-2-10(14)8-12(11)22(19,20)17-6-4-9(5-7-17)13(18)16-15/h2-3,8-9H,4-7,15H2,1H3,(H,16,18). The van der Waals surface area contributed by atoms with Crippen LogP contribution in [-0.4, -0.2) is 38.8 Å². The fourth-order valence-corrected chi connectivity index (χ4v) is 4.10. The predicted octanol–water partition coefficient (Wildman–Crippen LogP) is 0.225. The minimum Gasteiger partial charge on any atom is -0.495 e. The zero-order valence-electron chi connectivity index (χ0n) is 12.1. The Morgan fingerprint density at radius 2 is 2.05 bits per heavy atom. The van der Waals surface area contributed by atoms with Crippen LogP contribution in [0.15, 0.2) is 23.1 Å². The zero-order valence-corrected chi connectivity index (χ0v) is 12.9. The van der Waals surface area contributed by atoms with E-state index in [1.54, 1.807) is 0 Å². The normalized spacial score (nSPS) is 17.2. The highest BCUT2D eigenvalue weighted by Gasteiger charge is 2.33. The summed E-state index contributed by atoms with van der Waals surface area (Å²) in [6, 6.07) is 3.35. The lowest BCUT2D eigenvalue weighted by Crippen LogP contribution is -2.44. The van der Waals surface area contributed by atoms with Crippen molar-refractivity contribution in [2.24, 2.45) is 11.8 Å². The molecule has 1 aliphatic rings. The number of carbonyl (C=O) groups excluding carboxylic acids is 1. The predicted molar refractivity (Wildman–Crippen MR) is 76.8 cm³/mol. The molecule has 1 aromatic rings. The number of hydrazine groups is 1. The molecule has 0 saturated carbocycles. The van der Waals surface area contributed by atoms with Gasteiger partial charge in [0.05, 0.1) is 7.11 Å². The average Bonchev–Trinajstić information content (AvgIpc) is 2.54. The molecule has 0 aromatic heterocycles. The second kappa shape index (κ2) is 6.59. The molecule has 0 unspecified atom stereocenters. The van der Waals surface area contributed by atoms with Gasteiger partial charge < -0.3 is 4.74 Å². The van der Waals surface area contributed by atoms with Crippen molar-refractivity contribution in [2.75, 3.05) is 20.2 Å². The SMILES string of the molecule is COc1ccc(F)cc1S(=O)(=O)N1CCC(C(=O)NN)CC1. The van der Waals surface area contributed by atoms with Crippen molar-refractivity contribution >= 4 is 15.9 Å². The quantitative estimate of drug-likeness (QED) is 0.467. The number of ether oxygens (including phenoxy) is 1. The molecule has 2 rings (SSSR count). The lowest BCUT2D eigenvalue weighted by molar-refractivity contribution is -0.126. The molecule has 3 N–H and O–H groups in total. The van der Waals surface area contributed by atoms with Gasteiger partial charge in [-0.3, -0.25) is 10.2 Å². The van der Waals surface area contributed by atoms with Gasteiger partial charge >= 0.3 is 0 Å². The molecule has 7 nitrogen and oxygen atoms in total. The number of nitrogens with one attached hydrogen (secondary N) is 1. The fourth-order valence-electron chi connectivity index (χ4n) is 2.47. The van der Waals surface area contributed by atoms with Crippen LogP contribution >= 0.6 is 0 Å². The second-order valence-corrected chi connectivity index (χ2v) is 6.89. The van der Waals surface area contributed by atoms with Crippen molar-refractivity contribution in [3.63, 3.8) is 0 Å². The Morgan fingerprint density at radius 3 is 2.59 bits per heavy atom. The molecular weight excluding hydrogens is 313 g/mol. The van der Waals surface area contributed by atoms with Crippen LogP contribution in [0.2, 0.25) is 0 Å². The second-order valence-electron chi connectivity index (χ2n) is 4.98. The van der Waals surface area contributed by atoms with E-state index >= 15 is 0 Å². The number of sulfonamides is 1. The third-order valence-electron chi connectivity index (χ3n) is 3.71. The van der Waals surface area contributed by atoms with E-state index in [1.165, 1.54) is 17.5 Å². The highest BCUT2D eigenvalue weighted by Crippen LogP contribution is 2.30. The van der Waals surface area contributed by atoms with E-state index in [-0.39, 0.29) is 35.6 Å². The minimum atomic E-state index is -3.88. The molecule has 1 aromatic carbocycles. The number of halogens is 1. The third-order valence-corrected chi connectivity index (χ3v) is 5.63. The third kappa shape index (κ3) is 3.21. The number of carbonyl (C=O) groups is 1. The molecule has 0 aliphatic carbocycles. The van der Waals surface area contributed by atoms with E-state index in [0.717, 1.165) is 12.1 Å². The van der Waals surface area contributed by atoms with Crippen molar-refractivity contribution in [1.82, 2.24) is 9.73 Å². The number of amides is 1. The van der Waals surface area contributed by atoms with Gasteiger partial charge in [-0.15, -0.1) is 0 Å². The van der Waals surface area contributed by atoms with Crippen LogP contribution in [-0.2, 0) is 14.8 Å². The van der Waals surface area contributed by atoms with Crippen LogP contribution in [0, 0.1) is 11.7 Å². The zero-order chi connectivity index (χ0) is 16.3. The summed E-state index contributed by atoms with van der Waals surface area (Å²) in [5.74, 6) is 3.89. The van der Waals surface area contributed by atoms with Gasteiger partial charge in [-0.1, -0.05) is 0 Å². The summed E-state index contributed by atoms with van der Waals surface area (Å²) in [6.07, 6.45) is 0.722. The molecule has 1 amide bonds. The molecule has 1 heterocycles. The number of hydrogen-bond acceptors (Lipinski definition) is 5. The van der Waals surface area contributed by atoms with Crippen LogP contribution in [0.5, 0.6) is 5.75 Å². The first-order valence-electron chi connectivity index (χ1n) is 6.74.